The number of benzene rings is 2. The number of aromatic nitrogens is 1. The number of nitrogens with one attached hydrogen (secondary N) is 1. The van der Waals surface area contributed by atoms with Crippen molar-refractivity contribution in [2.24, 2.45) is 11.8 Å². The van der Waals surface area contributed by atoms with Crippen LogP contribution >= 0.6 is 11.3 Å². The van der Waals surface area contributed by atoms with Crippen LogP contribution in [0.3, 0.4) is 0 Å². The van der Waals surface area contributed by atoms with Gasteiger partial charge in [-0.2, -0.15) is 0 Å². The summed E-state index contributed by atoms with van der Waals surface area (Å²) in [6.07, 6.45) is 0.847. The molecule has 9 heteroatoms. The number of likely N-dealkylation sites (tertiary alicyclic amines) is 1. The van der Waals surface area contributed by atoms with Gasteiger partial charge in [-0.15, -0.1) is 0 Å². The van der Waals surface area contributed by atoms with Crippen LogP contribution in [0.4, 0.5) is 9.93 Å². The molecule has 0 unspecified atom stereocenters. The summed E-state index contributed by atoms with van der Waals surface area (Å²) in [7, 11) is 0. The van der Waals surface area contributed by atoms with Crippen LogP contribution in [0.1, 0.15) is 40.1 Å². The maximum atomic E-state index is 12.9. The summed E-state index contributed by atoms with van der Waals surface area (Å²) >= 11 is 1.08. The van der Waals surface area contributed by atoms with Crippen LogP contribution in [0.15, 0.2) is 54.7 Å². The Balaban J connectivity index is 1.19. The van der Waals surface area contributed by atoms with E-state index in [0.29, 0.717) is 18.0 Å². The van der Waals surface area contributed by atoms with Gasteiger partial charge in [0, 0.05) is 19.0 Å². The first-order valence-corrected chi connectivity index (χ1v) is 12.3. The number of aliphatic carboxylic acids is 1. The molecule has 0 spiro atoms. The molecule has 0 radical (unpaired) electrons. The molecular formula is C26H25N3O5S. The fraction of sp³-hybridized carbons (Fsp3) is 0.308. The molecular weight excluding hydrogens is 466 g/mol. The zero-order valence-corrected chi connectivity index (χ0v) is 20.0. The first-order valence-electron chi connectivity index (χ1n) is 11.5. The molecule has 1 aliphatic carbocycles. The molecule has 1 aliphatic heterocycles. The number of carbonyl (C=O) groups excluding carboxylic acids is 2. The number of hydrogen-bond donors (Lipinski definition) is 2. The first-order chi connectivity index (χ1) is 16.9. The van der Waals surface area contributed by atoms with E-state index in [2.05, 4.69) is 34.6 Å². The number of carboxylic acids is 1. The second kappa shape index (κ2) is 9.50. The number of amides is 2. The zero-order valence-electron chi connectivity index (χ0n) is 19.1. The number of anilines is 1. The molecule has 0 bridgehead atoms. The number of ether oxygens (including phenoxy) is 1. The van der Waals surface area contributed by atoms with Gasteiger partial charge in [-0.3, -0.25) is 14.9 Å². The van der Waals surface area contributed by atoms with E-state index in [9.17, 15) is 14.4 Å². The van der Waals surface area contributed by atoms with Gasteiger partial charge in [0.2, 0.25) is 0 Å². The van der Waals surface area contributed by atoms with Gasteiger partial charge >= 0.3 is 12.1 Å². The van der Waals surface area contributed by atoms with E-state index in [1.165, 1.54) is 6.20 Å². The van der Waals surface area contributed by atoms with Gasteiger partial charge in [-0.1, -0.05) is 66.8 Å². The molecule has 3 aromatic rings. The molecule has 2 heterocycles. The van der Waals surface area contributed by atoms with Gasteiger partial charge in [0.05, 0.1) is 12.6 Å². The quantitative estimate of drug-likeness (QED) is 0.518. The molecule has 2 aromatic carbocycles. The minimum absolute atomic E-state index is 0.0439. The Hall–Kier alpha value is -3.72. The minimum Gasteiger partial charge on any atom is -0.481 e. The van der Waals surface area contributed by atoms with E-state index in [4.69, 9.17) is 9.84 Å². The molecule has 1 aromatic heterocycles. The van der Waals surface area contributed by atoms with Gasteiger partial charge in [0.25, 0.3) is 5.91 Å². The van der Waals surface area contributed by atoms with E-state index in [1.807, 2.05) is 31.2 Å². The fourth-order valence-corrected chi connectivity index (χ4v) is 5.77. The maximum Gasteiger partial charge on any atom is 0.413 e. The van der Waals surface area contributed by atoms with Gasteiger partial charge in [0.1, 0.15) is 11.5 Å². The second-order valence-electron chi connectivity index (χ2n) is 9.03. The van der Waals surface area contributed by atoms with Crippen LogP contribution < -0.4 is 5.32 Å². The van der Waals surface area contributed by atoms with Crippen molar-refractivity contribution in [1.29, 1.82) is 0 Å². The zero-order chi connectivity index (χ0) is 24.5. The molecule has 5 rings (SSSR count). The van der Waals surface area contributed by atoms with E-state index < -0.39 is 12.1 Å². The third kappa shape index (κ3) is 4.64. The highest BCUT2D eigenvalue weighted by Gasteiger charge is 2.35. The Morgan fingerprint density at radius 2 is 1.74 bits per heavy atom. The number of rotatable bonds is 6. The molecule has 1 saturated heterocycles. The van der Waals surface area contributed by atoms with Crippen molar-refractivity contribution in [3.05, 3.63) is 70.7 Å². The van der Waals surface area contributed by atoms with Crippen LogP contribution in [0.5, 0.6) is 0 Å². The van der Waals surface area contributed by atoms with Gasteiger partial charge < -0.3 is 14.7 Å². The standard InChI is InChI=1S/C26H25N3O5S/c1-15-12-29(13-16(15)10-23(30)31)24(32)22-11-27-25(35-22)28-26(33)34-14-21-19-8-4-2-6-17(19)18-7-3-5-9-20(18)21/h2-9,11,15-16,21H,10,12-14H2,1H3,(H,30,31)(H,27,28,33)/t15-,16-/m1/s1. The van der Waals surface area contributed by atoms with Crippen LogP contribution in [0.25, 0.3) is 11.1 Å². The van der Waals surface area contributed by atoms with Gasteiger partial charge in [-0.25, -0.2) is 9.78 Å². The van der Waals surface area contributed by atoms with Crippen LogP contribution in [-0.2, 0) is 9.53 Å². The lowest BCUT2D eigenvalue weighted by Crippen LogP contribution is -2.28. The highest BCUT2D eigenvalue weighted by molar-refractivity contribution is 7.17. The molecule has 35 heavy (non-hydrogen) atoms. The highest BCUT2D eigenvalue weighted by atomic mass is 32.1. The summed E-state index contributed by atoms with van der Waals surface area (Å²) in [6.45, 7) is 3.05. The first kappa shape index (κ1) is 23.0. The number of hydrogen-bond acceptors (Lipinski definition) is 6. The highest BCUT2D eigenvalue weighted by Crippen LogP contribution is 2.44. The summed E-state index contributed by atoms with van der Waals surface area (Å²) < 4.78 is 5.54. The number of carboxylic acid groups (broad SMARTS) is 1. The monoisotopic (exact) mass is 491 g/mol. The van der Waals surface area contributed by atoms with Crippen molar-refractivity contribution < 1.29 is 24.2 Å². The van der Waals surface area contributed by atoms with Crippen LogP contribution in [0.2, 0.25) is 0 Å². The van der Waals surface area contributed by atoms with Crippen molar-refractivity contribution in [1.82, 2.24) is 9.88 Å². The molecule has 2 N–H and O–H groups in total. The Kier molecular flexibility index (Phi) is 6.25. The van der Waals surface area contributed by atoms with Crippen LogP contribution in [0, 0.1) is 11.8 Å². The summed E-state index contributed by atoms with van der Waals surface area (Å²) in [6, 6.07) is 16.2. The maximum absolute atomic E-state index is 12.9. The number of thiazole rings is 1. The van der Waals surface area contributed by atoms with Crippen molar-refractivity contribution in [3.8, 4) is 11.1 Å². The molecule has 0 saturated carbocycles. The lowest BCUT2D eigenvalue weighted by atomic mass is 9.95. The molecule has 2 atom stereocenters. The Labute approximate surface area is 206 Å². The minimum atomic E-state index is -0.858. The average molecular weight is 492 g/mol. The second-order valence-corrected chi connectivity index (χ2v) is 10.1. The largest absolute Gasteiger partial charge is 0.481 e. The third-order valence-electron chi connectivity index (χ3n) is 6.76. The summed E-state index contributed by atoms with van der Waals surface area (Å²) in [5.41, 5.74) is 4.57. The van der Waals surface area contributed by atoms with E-state index in [0.717, 1.165) is 33.6 Å². The lowest BCUT2D eigenvalue weighted by Gasteiger charge is -2.14. The van der Waals surface area contributed by atoms with E-state index >= 15 is 0 Å². The number of carbonyl (C=O) groups is 3. The summed E-state index contributed by atoms with van der Waals surface area (Å²) in [5, 5.41) is 12.0. The van der Waals surface area contributed by atoms with Crippen molar-refractivity contribution >= 4 is 34.4 Å². The predicted octanol–water partition coefficient (Wildman–Crippen LogP) is 4.69. The van der Waals surface area contributed by atoms with E-state index in [1.54, 1.807) is 4.90 Å². The Morgan fingerprint density at radius 1 is 1.09 bits per heavy atom. The molecule has 8 nitrogen and oxygen atoms in total. The Bertz CT molecular complexity index is 1240. The summed E-state index contributed by atoms with van der Waals surface area (Å²) in [5.74, 6) is -1.06. The molecule has 2 aliphatic rings. The molecule has 180 valence electrons. The van der Waals surface area contributed by atoms with Crippen molar-refractivity contribution in [2.45, 2.75) is 19.3 Å². The smallest absolute Gasteiger partial charge is 0.413 e. The predicted molar refractivity (Wildman–Crippen MR) is 132 cm³/mol. The van der Waals surface area contributed by atoms with E-state index in [-0.39, 0.29) is 41.8 Å². The van der Waals surface area contributed by atoms with Crippen LogP contribution in [-0.4, -0.2) is 52.7 Å². The topological polar surface area (TPSA) is 109 Å². The molecule has 1 fully saturated rings. The van der Waals surface area contributed by atoms with Gasteiger partial charge in [0.15, 0.2) is 5.13 Å². The molecule has 2 amide bonds. The van der Waals surface area contributed by atoms with Gasteiger partial charge in [-0.05, 0) is 34.1 Å². The summed E-state index contributed by atoms with van der Waals surface area (Å²) in [4.78, 5) is 42.6. The van der Waals surface area contributed by atoms with Crippen molar-refractivity contribution in [3.63, 3.8) is 0 Å². The normalized spacial score (nSPS) is 18.7. The average Bonchev–Trinajstić information content (AvgIpc) is 3.53. The SMILES string of the molecule is C[C@@H]1CN(C(=O)c2cnc(NC(=O)OCC3c4ccccc4-c4ccccc43)s2)C[C@H]1CC(=O)O. The number of fused-ring (bicyclic) bond motifs is 3. The fourth-order valence-electron chi connectivity index (χ4n) is 5.00. The Morgan fingerprint density at radius 3 is 2.40 bits per heavy atom. The van der Waals surface area contributed by atoms with Crippen molar-refractivity contribution in [2.75, 3.05) is 25.0 Å². The third-order valence-corrected chi connectivity index (χ3v) is 7.66. The lowest BCUT2D eigenvalue weighted by molar-refractivity contribution is -0.138. The number of nitrogens with zero attached hydrogens (tertiary/aromatic N) is 2.